The number of rotatable bonds is 6. The van der Waals surface area contributed by atoms with E-state index >= 15 is 0 Å². The molecule has 1 aromatic carbocycles. The molecule has 1 aromatic rings. The van der Waals surface area contributed by atoms with E-state index in [1.807, 2.05) is 31.2 Å². The Bertz CT molecular complexity index is 524. The Morgan fingerprint density at radius 1 is 1.36 bits per heavy atom. The summed E-state index contributed by atoms with van der Waals surface area (Å²) in [7, 11) is 0. The van der Waals surface area contributed by atoms with Crippen LogP contribution in [-0.2, 0) is 20.7 Å². The second kappa shape index (κ2) is 7.94. The van der Waals surface area contributed by atoms with Crippen molar-refractivity contribution >= 4 is 17.5 Å². The Hall–Kier alpha value is -1.88. The predicted octanol–water partition coefficient (Wildman–Crippen LogP) is 1.90. The van der Waals surface area contributed by atoms with Crippen molar-refractivity contribution < 1.29 is 14.3 Å². The minimum atomic E-state index is -0.156. The molecule has 0 radical (unpaired) electrons. The summed E-state index contributed by atoms with van der Waals surface area (Å²) in [4.78, 5) is 25.6. The Labute approximate surface area is 131 Å². The van der Waals surface area contributed by atoms with Crippen LogP contribution in [0, 0.1) is 0 Å². The summed E-state index contributed by atoms with van der Waals surface area (Å²) in [5.41, 5.74) is 1.87. The number of anilines is 1. The van der Waals surface area contributed by atoms with Crippen LogP contribution in [0.4, 0.5) is 5.69 Å². The van der Waals surface area contributed by atoms with Gasteiger partial charge in [-0.3, -0.25) is 9.59 Å². The highest BCUT2D eigenvalue weighted by atomic mass is 16.5. The summed E-state index contributed by atoms with van der Waals surface area (Å²) >= 11 is 0. The van der Waals surface area contributed by atoms with Crippen molar-refractivity contribution in [2.24, 2.45) is 0 Å². The molecule has 22 heavy (non-hydrogen) atoms. The van der Waals surface area contributed by atoms with Crippen LogP contribution in [0.5, 0.6) is 0 Å². The van der Waals surface area contributed by atoms with E-state index in [1.165, 1.54) is 11.8 Å². The maximum atomic E-state index is 12.1. The molecule has 5 nitrogen and oxygen atoms in total. The third-order valence-electron chi connectivity index (χ3n) is 3.90. The summed E-state index contributed by atoms with van der Waals surface area (Å²) in [6, 6.07) is 7.69. The van der Waals surface area contributed by atoms with Crippen LogP contribution in [0.25, 0.3) is 0 Å². The molecule has 0 bridgehead atoms. The fourth-order valence-electron chi connectivity index (χ4n) is 2.67. The molecule has 1 fully saturated rings. The molecule has 1 aliphatic rings. The maximum Gasteiger partial charge on any atom is 0.240 e. The molecular formula is C17H24N2O3. The molecule has 2 rings (SSSR count). The molecule has 0 spiro atoms. The minimum Gasteiger partial charge on any atom is -0.376 e. The van der Waals surface area contributed by atoms with Gasteiger partial charge in [-0.15, -0.1) is 0 Å². The van der Waals surface area contributed by atoms with Gasteiger partial charge in [0.15, 0.2) is 0 Å². The van der Waals surface area contributed by atoms with Crippen molar-refractivity contribution in [1.82, 2.24) is 5.32 Å². The minimum absolute atomic E-state index is 0.0407. The zero-order valence-electron chi connectivity index (χ0n) is 13.3. The van der Waals surface area contributed by atoms with Gasteiger partial charge in [-0.05, 0) is 30.9 Å². The topological polar surface area (TPSA) is 58.6 Å². The summed E-state index contributed by atoms with van der Waals surface area (Å²) < 4.78 is 5.48. The standard InChI is InChI=1S/C17H24N2O3/c1-3-14-7-4-5-9-16(14)19(13(2)20)12-17(21)18-11-15-8-6-10-22-15/h4-5,7,9,15H,3,6,8,10-12H2,1-2H3,(H,18,21). The second-order valence-corrected chi connectivity index (χ2v) is 5.53. The van der Waals surface area contributed by atoms with Crippen molar-refractivity contribution in [1.29, 1.82) is 0 Å². The van der Waals surface area contributed by atoms with E-state index in [-0.39, 0.29) is 24.5 Å². The van der Waals surface area contributed by atoms with Gasteiger partial charge in [0.05, 0.1) is 6.10 Å². The molecule has 1 heterocycles. The fraction of sp³-hybridized carbons (Fsp3) is 0.529. The summed E-state index contributed by atoms with van der Waals surface area (Å²) in [6.45, 7) is 4.84. The first-order valence-corrected chi connectivity index (χ1v) is 7.86. The van der Waals surface area contributed by atoms with Gasteiger partial charge in [-0.2, -0.15) is 0 Å². The van der Waals surface area contributed by atoms with Crippen molar-refractivity contribution in [2.45, 2.75) is 39.2 Å². The monoisotopic (exact) mass is 304 g/mol. The number of carbonyl (C=O) groups is 2. The molecule has 5 heteroatoms. The molecular weight excluding hydrogens is 280 g/mol. The number of nitrogens with one attached hydrogen (secondary N) is 1. The third-order valence-corrected chi connectivity index (χ3v) is 3.90. The van der Waals surface area contributed by atoms with Crippen molar-refractivity contribution in [3.8, 4) is 0 Å². The highest BCUT2D eigenvalue weighted by Crippen LogP contribution is 2.21. The Morgan fingerprint density at radius 3 is 2.77 bits per heavy atom. The SMILES string of the molecule is CCc1ccccc1N(CC(=O)NCC1CCCO1)C(C)=O. The van der Waals surface area contributed by atoms with Gasteiger partial charge in [-0.1, -0.05) is 25.1 Å². The van der Waals surface area contributed by atoms with E-state index < -0.39 is 0 Å². The first kappa shape index (κ1) is 16.5. The number of ether oxygens (including phenoxy) is 1. The highest BCUT2D eigenvalue weighted by molar-refractivity contribution is 5.98. The smallest absolute Gasteiger partial charge is 0.240 e. The molecule has 120 valence electrons. The van der Waals surface area contributed by atoms with Crippen LogP contribution in [0.1, 0.15) is 32.3 Å². The lowest BCUT2D eigenvalue weighted by Crippen LogP contribution is -2.42. The first-order valence-electron chi connectivity index (χ1n) is 7.86. The predicted molar refractivity (Wildman–Crippen MR) is 85.8 cm³/mol. The molecule has 0 aromatic heterocycles. The van der Waals surface area contributed by atoms with E-state index in [1.54, 1.807) is 0 Å². The average molecular weight is 304 g/mol. The number of aryl methyl sites for hydroxylation is 1. The second-order valence-electron chi connectivity index (χ2n) is 5.53. The number of hydrogen-bond acceptors (Lipinski definition) is 3. The van der Waals surface area contributed by atoms with Gasteiger partial charge in [0.2, 0.25) is 11.8 Å². The van der Waals surface area contributed by atoms with Crippen LogP contribution in [0.2, 0.25) is 0 Å². The van der Waals surface area contributed by atoms with Gasteiger partial charge < -0.3 is 15.0 Å². The van der Waals surface area contributed by atoms with E-state index in [9.17, 15) is 9.59 Å². The Morgan fingerprint density at radius 2 is 2.14 bits per heavy atom. The molecule has 1 aliphatic heterocycles. The van der Waals surface area contributed by atoms with Crippen molar-refractivity contribution in [2.75, 3.05) is 24.6 Å². The largest absolute Gasteiger partial charge is 0.376 e. The van der Waals surface area contributed by atoms with Crippen LogP contribution in [0.15, 0.2) is 24.3 Å². The zero-order chi connectivity index (χ0) is 15.9. The zero-order valence-corrected chi connectivity index (χ0v) is 13.3. The number of hydrogen-bond donors (Lipinski definition) is 1. The van der Waals surface area contributed by atoms with E-state index in [2.05, 4.69) is 5.32 Å². The van der Waals surface area contributed by atoms with Crippen molar-refractivity contribution in [3.05, 3.63) is 29.8 Å². The lowest BCUT2D eigenvalue weighted by atomic mass is 10.1. The average Bonchev–Trinajstić information content (AvgIpc) is 3.03. The van der Waals surface area contributed by atoms with Gasteiger partial charge in [0.25, 0.3) is 0 Å². The van der Waals surface area contributed by atoms with E-state index in [4.69, 9.17) is 4.74 Å². The third kappa shape index (κ3) is 4.31. The van der Waals surface area contributed by atoms with Crippen LogP contribution in [0.3, 0.4) is 0 Å². The quantitative estimate of drug-likeness (QED) is 0.873. The van der Waals surface area contributed by atoms with Crippen molar-refractivity contribution in [3.63, 3.8) is 0 Å². The van der Waals surface area contributed by atoms with Gasteiger partial charge in [-0.25, -0.2) is 0 Å². The maximum absolute atomic E-state index is 12.1. The molecule has 0 saturated carbocycles. The molecule has 1 N–H and O–H groups in total. The van der Waals surface area contributed by atoms with Gasteiger partial charge in [0.1, 0.15) is 6.54 Å². The Kier molecular flexibility index (Phi) is 5.95. The number of nitrogens with zero attached hydrogens (tertiary/aromatic N) is 1. The van der Waals surface area contributed by atoms with Crippen LogP contribution >= 0.6 is 0 Å². The Balaban J connectivity index is 1.99. The summed E-state index contributed by atoms with van der Waals surface area (Å²) in [5, 5.41) is 2.86. The van der Waals surface area contributed by atoms with Gasteiger partial charge >= 0.3 is 0 Å². The highest BCUT2D eigenvalue weighted by Gasteiger charge is 2.20. The number of para-hydroxylation sites is 1. The summed E-state index contributed by atoms with van der Waals surface area (Å²) in [5.74, 6) is -0.287. The summed E-state index contributed by atoms with van der Waals surface area (Å²) in [6.07, 6.45) is 2.95. The van der Waals surface area contributed by atoms with Crippen LogP contribution < -0.4 is 10.2 Å². The first-order chi connectivity index (χ1) is 10.6. The molecule has 2 amide bonds. The molecule has 0 aliphatic carbocycles. The van der Waals surface area contributed by atoms with E-state index in [0.29, 0.717) is 6.54 Å². The van der Waals surface area contributed by atoms with E-state index in [0.717, 1.165) is 37.1 Å². The van der Waals surface area contributed by atoms with Crippen LogP contribution in [-0.4, -0.2) is 37.6 Å². The normalized spacial score (nSPS) is 17.3. The molecule has 1 unspecified atom stereocenters. The molecule has 1 atom stereocenters. The van der Waals surface area contributed by atoms with Gasteiger partial charge in [0, 0.05) is 25.8 Å². The number of amides is 2. The lowest BCUT2D eigenvalue weighted by Gasteiger charge is -2.23. The number of carbonyl (C=O) groups excluding carboxylic acids is 2. The fourth-order valence-corrected chi connectivity index (χ4v) is 2.67. The number of benzene rings is 1. The lowest BCUT2D eigenvalue weighted by molar-refractivity contribution is -0.123. The molecule has 1 saturated heterocycles.